The van der Waals surface area contributed by atoms with Crippen molar-refractivity contribution in [1.29, 1.82) is 0 Å². The highest BCUT2D eigenvalue weighted by Crippen LogP contribution is 2.28. The van der Waals surface area contributed by atoms with Gasteiger partial charge in [0, 0.05) is 12.1 Å². The van der Waals surface area contributed by atoms with Crippen LogP contribution in [0.4, 0.5) is 13.2 Å². The van der Waals surface area contributed by atoms with Crippen molar-refractivity contribution in [2.24, 2.45) is 7.05 Å². The number of alkyl halides is 3. The Morgan fingerprint density at radius 2 is 1.93 bits per heavy atom. The van der Waals surface area contributed by atoms with Gasteiger partial charge in [-0.15, -0.1) is 0 Å². The van der Waals surface area contributed by atoms with Crippen molar-refractivity contribution in [3.63, 3.8) is 0 Å². The van der Waals surface area contributed by atoms with E-state index in [1.54, 1.807) is 24.3 Å². The standard InChI is InChI=1S/C17H13ClF3N3O3/c1-23-14-12(5-6-13(22-14)17(19,20)21)15(25)24(16(23)26)7-8-27-11-4-2-3-10(18)9-11/h2-6,9H,7-8H2,1H3. The summed E-state index contributed by atoms with van der Waals surface area (Å²) in [6.45, 7) is -0.0932. The Labute approximate surface area is 155 Å². The number of halogens is 4. The van der Waals surface area contributed by atoms with Crippen LogP contribution in [0.3, 0.4) is 0 Å². The van der Waals surface area contributed by atoms with Gasteiger partial charge >= 0.3 is 11.9 Å². The zero-order valence-electron chi connectivity index (χ0n) is 14.0. The van der Waals surface area contributed by atoms with Gasteiger partial charge in [0.25, 0.3) is 5.56 Å². The first kappa shape index (κ1) is 19.0. The van der Waals surface area contributed by atoms with Crippen molar-refractivity contribution in [3.05, 3.63) is 68.0 Å². The molecule has 6 nitrogen and oxygen atoms in total. The molecule has 0 saturated carbocycles. The van der Waals surface area contributed by atoms with Crippen molar-refractivity contribution in [2.75, 3.05) is 6.61 Å². The summed E-state index contributed by atoms with van der Waals surface area (Å²) in [5.41, 5.74) is -3.02. The van der Waals surface area contributed by atoms with E-state index in [2.05, 4.69) is 4.98 Å². The lowest BCUT2D eigenvalue weighted by Crippen LogP contribution is -2.40. The fourth-order valence-electron chi connectivity index (χ4n) is 2.54. The highest BCUT2D eigenvalue weighted by Gasteiger charge is 2.33. The van der Waals surface area contributed by atoms with Gasteiger partial charge in [-0.25, -0.2) is 9.78 Å². The van der Waals surface area contributed by atoms with E-state index in [1.165, 1.54) is 7.05 Å². The van der Waals surface area contributed by atoms with Gasteiger partial charge in [-0.3, -0.25) is 13.9 Å². The molecule has 0 bridgehead atoms. The Kier molecular flexibility index (Phi) is 4.97. The van der Waals surface area contributed by atoms with Crippen molar-refractivity contribution >= 4 is 22.6 Å². The molecule has 0 aliphatic rings. The van der Waals surface area contributed by atoms with Crippen LogP contribution in [-0.4, -0.2) is 20.7 Å². The molecule has 2 aromatic heterocycles. The van der Waals surface area contributed by atoms with Crippen LogP contribution >= 0.6 is 11.6 Å². The number of ether oxygens (including phenoxy) is 1. The molecule has 2 heterocycles. The third-order valence-corrected chi connectivity index (χ3v) is 4.09. The summed E-state index contributed by atoms with van der Waals surface area (Å²) < 4.78 is 45.7. The van der Waals surface area contributed by atoms with E-state index in [9.17, 15) is 22.8 Å². The molecule has 0 aliphatic carbocycles. The number of fused-ring (bicyclic) bond motifs is 1. The zero-order chi connectivity index (χ0) is 19.8. The number of aryl methyl sites for hydroxylation is 1. The minimum Gasteiger partial charge on any atom is -0.492 e. The number of hydrogen-bond donors (Lipinski definition) is 0. The van der Waals surface area contributed by atoms with E-state index in [-0.39, 0.29) is 24.2 Å². The molecule has 27 heavy (non-hydrogen) atoms. The first-order chi connectivity index (χ1) is 12.7. The molecule has 0 N–H and O–H groups in total. The monoisotopic (exact) mass is 399 g/mol. The van der Waals surface area contributed by atoms with Gasteiger partial charge in [0.2, 0.25) is 0 Å². The van der Waals surface area contributed by atoms with Gasteiger partial charge in [0.05, 0.1) is 11.9 Å². The van der Waals surface area contributed by atoms with Crippen LogP contribution in [0.15, 0.2) is 46.0 Å². The van der Waals surface area contributed by atoms with Crippen LogP contribution in [0.5, 0.6) is 5.75 Å². The predicted molar refractivity (Wildman–Crippen MR) is 93.2 cm³/mol. The number of benzene rings is 1. The van der Waals surface area contributed by atoms with Crippen LogP contribution in [0, 0.1) is 0 Å². The number of rotatable bonds is 4. The zero-order valence-corrected chi connectivity index (χ0v) is 14.7. The van der Waals surface area contributed by atoms with Crippen LogP contribution in [-0.2, 0) is 19.8 Å². The molecular weight excluding hydrogens is 387 g/mol. The molecule has 3 rings (SSSR count). The molecule has 0 atom stereocenters. The molecule has 3 aromatic rings. The molecule has 1 aromatic carbocycles. The van der Waals surface area contributed by atoms with E-state index in [0.29, 0.717) is 16.8 Å². The first-order valence-electron chi connectivity index (χ1n) is 7.74. The summed E-state index contributed by atoms with van der Waals surface area (Å²) in [6, 6.07) is 8.31. The maximum atomic E-state index is 12.8. The fraction of sp³-hybridized carbons (Fsp3) is 0.235. The molecule has 0 aliphatic heterocycles. The molecule has 142 valence electrons. The van der Waals surface area contributed by atoms with E-state index in [1.807, 2.05) is 0 Å². The Morgan fingerprint density at radius 1 is 1.19 bits per heavy atom. The Bertz CT molecular complexity index is 1120. The van der Waals surface area contributed by atoms with Crippen molar-refractivity contribution in [2.45, 2.75) is 12.7 Å². The average Bonchev–Trinajstić information content (AvgIpc) is 2.61. The minimum absolute atomic E-state index is 0.00490. The summed E-state index contributed by atoms with van der Waals surface area (Å²) in [4.78, 5) is 28.3. The summed E-state index contributed by atoms with van der Waals surface area (Å²) in [6.07, 6.45) is -4.68. The quantitative estimate of drug-likeness (QED) is 0.676. The third kappa shape index (κ3) is 3.82. The lowest BCUT2D eigenvalue weighted by molar-refractivity contribution is -0.141. The van der Waals surface area contributed by atoms with Crippen LogP contribution in [0.1, 0.15) is 5.69 Å². The molecule has 10 heteroatoms. The SMILES string of the molecule is Cn1c(=O)n(CCOc2cccc(Cl)c2)c(=O)c2ccc(C(F)(F)F)nc21. The summed E-state index contributed by atoms with van der Waals surface area (Å²) in [5.74, 6) is 0.463. The topological polar surface area (TPSA) is 66.1 Å². The fourth-order valence-corrected chi connectivity index (χ4v) is 2.72. The first-order valence-corrected chi connectivity index (χ1v) is 8.12. The van der Waals surface area contributed by atoms with Gasteiger partial charge in [-0.1, -0.05) is 17.7 Å². The lowest BCUT2D eigenvalue weighted by Gasteiger charge is -2.12. The van der Waals surface area contributed by atoms with E-state index >= 15 is 0 Å². The maximum absolute atomic E-state index is 12.8. The summed E-state index contributed by atoms with van der Waals surface area (Å²) in [7, 11) is 1.26. The second-order valence-corrected chi connectivity index (χ2v) is 6.11. The Balaban J connectivity index is 1.94. The van der Waals surface area contributed by atoms with Crippen LogP contribution < -0.4 is 16.0 Å². The number of hydrogen-bond acceptors (Lipinski definition) is 4. The van der Waals surface area contributed by atoms with Gasteiger partial charge < -0.3 is 4.74 Å². The summed E-state index contributed by atoms with van der Waals surface area (Å²) in [5, 5.41) is 0.380. The Morgan fingerprint density at radius 3 is 2.59 bits per heavy atom. The van der Waals surface area contributed by atoms with Gasteiger partial charge in [-0.05, 0) is 30.3 Å². The molecular formula is C17H13ClF3N3O3. The van der Waals surface area contributed by atoms with E-state index in [0.717, 1.165) is 15.2 Å². The number of nitrogens with zero attached hydrogens (tertiary/aromatic N) is 3. The third-order valence-electron chi connectivity index (χ3n) is 3.86. The van der Waals surface area contributed by atoms with Crippen LogP contribution in [0.25, 0.3) is 11.0 Å². The van der Waals surface area contributed by atoms with Crippen molar-refractivity contribution in [1.82, 2.24) is 14.1 Å². The smallest absolute Gasteiger partial charge is 0.433 e. The second kappa shape index (κ2) is 7.07. The summed E-state index contributed by atoms with van der Waals surface area (Å²) >= 11 is 5.85. The predicted octanol–water partition coefficient (Wildman–Crippen LogP) is 2.85. The van der Waals surface area contributed by atoms with Crippen molar-refractivity contribution in [3.8, 4) is 5.75 Å². The molecule has 0 saturated heterocycles. The van der Waals surface area contributed by atoms with Gasteiger partial charge in [-0.2, -0.15) is 13.2 Å². The maximum Gasteiger partial charge on any atom is 0.433 e. The highest BCUT2D eigenvalue weighted by molar-refractivity contribution is 6.30. The molecule has 0 fully saturated rings. The van der Waals surface area contributed by atoms with Crippen LogP contribution in [0.2, 0.25) is 5.02 Å². The lowest BCUT2D eigenvalue weighted by atomic mass is 10.2. The normalized spacial score (nSPS) is 11.7. The van der Waals surface area contributed by atoms with Gasteiger partial charge in [0.15, 0.2) is 0 Å². The molecule has 0 unspecified atom stereocenters. The largest absolute Gasteiger partial charge is 0.492 e. The van der Waals surface area contributed by atoms with E-state index in [4.69, 9.17) is 16.3 Å². The van der Waals surface area contributed by atoms with Gasteiger partial charge in [0.1, 0.15) is 23.7 Å². The highest BCUT2D eigenvalue weighted by atomic mass is 35.5. The molecule has 0 radical (unpaired) electrons. The number of pyridine rings is 1. The average molecular weight is 400 g/mol. The minimum atomic E-state index is -4.68. The number of aromatic nitrogens is 3. The second-order valence-electron chi connectivity index (χ2n) is 5.67. The Hall–Kier alpha value is -2.81. The van der Waals surface area contributed by atoms with Crippen molar-refractivity contribution < 1.29 is 17.9 Å². The van der Waals surface area contributed by atoms with E-state index < -0.39 is 23.1 Å². The molecule has 0 spiro atoms. The molecule has 0 amide bonds.